The molecule has 3 heterocycles. The van der Waals surface area contributed by atoms with Crippen LogP contribution < -0.4 is 10.4 Å². The summed E-state index contributed by atoms with van der Waals surface area (Å²) >= 11 is 6.39. The zero-order valence-corrected chi connectivity index (χ0v) is 19.7. The lowest BCUT2D eigenvalue weighted by atomic mass is 9.84. The smallest absolute Gasteiger partial charge is 0.211 e. The Morgan fingerprint density at radius 1 is 1.15 bits per heavy atom. The highest BCUT2D eigenvalue weighted by molar-refractivity contribution is 7.88. The first kappa shape index (κ1) is 21.9. The van der Waals surface area contributed by atoms with Gasteiger partial charge in [0.1, 0.15) is 6.34 Å². The molecule has 0 atom stereocenters. The van der Waals surface area contributed by atoms with Crippen molar-refractivity contribution in [3.05, 3.63) is 81.1 Å². The molecule has 8 heteroatoms. The molecule has 2 aliphatic heterocycles. The lowest BCUT2D eigenvalue weighted by molar-refractivity contribution is 0.312. The van der Waals surface area contributed by atoms with Crippen LogP contribution in [0.3, 0.4) is 0 Å². The van der Waals surface area contributed by atoms with Gasteiger partial charge < -0.3 is 0 Å². The number of allylic oxidation sites excluding steroid dienone is 4. The van der Waals surface area contributed by atoms with Crippen molar-refractivity contribution < 1.29 is 8.42 Å². The Labute approximate surface area is 198 Å². The molecule has 1 aromatic heterocycles. The molecule has 0 bridgehead atoms. The topological polar surface area (TPSA) is 75.0 Å². The summed E-state index contributed by atoms with van der Waals surface area (Å²) in [6, 6.07) is 9.96. The number of benzene rings is 1. The molecular weight excluding hydrogens is 456 g/mol. The van der Waals surface area contributed by atoms with E-state index in [1.54, 1.807) is 10.5 Å². The zero-order valence-electron chi connectivity index (χ0n) is 18.1. The third kappa shape index (κ3) is 4.49. The number of hydrogen-bond donors (Lipinski definition) is 0. The average molecular weight is 479 g/mol. The van der Waals surface area contributed by atoms with E-state index < -0.39 is 10.0 Å². The van der Waals surface area contributed by atoms with Gasteiger partial charge in [-0.1, -0.05) is 29.8 Å². The number of fused-ring (bicyclic) bond motifs is 2. The predicted octanol–water partition coefficient (Wildman–Crippen LogP) is 2.78. The van der Waals surface area contributed by atoms with Crippen molar-refractivity contribution in [2.45, 2.75) is 12.8 Å². The maximum Gasteiger partial charge on any atom is 0.211 e. The third-order valence-corrected chi connectivity index (χ3v) is 7.77. The Morgan fingerprint density at radius 2 is 1.97 bits per heavy atom. The monoisotopic (exact) mass is 478 g/mol. The number of hydrogen-bond acceptors (Lipinski definition) is 5. The molecule has 0 amide bonds. The molecule has 0 saturated carbocycles. The van der Waals surface area contributed by atoms with Gasteiger partial charge in [-0.05, 0) is 70.7 Å². The van der Waals surface area contributed by atoms with Gasteiger partial charge in [-0.25, -0.2) is 22.7 Å². The molecule has 3 aliphatic rings. The predicted molar refractivity (Wildman–Crippen MR) is 134 cm³/mol. The Balaban J connectivity index is 1.68. The van der Waals surface area contributed by atoms with E-state index >= 15 is 0 Å². The van der Waals surface area contributed by atoms with Gasteiger partial charge in [0.15, 0.2) is 0 Å². The van der Waals surface area contributed by atoms with Gasteiger partial charge in [0, 0.05) is 29.9 Å². The maximum absolute atomic E-state index is 12.0. The molecule has 33 heavy (non-hydrogen) atoms. The van der Waals surface area contributed by atoms with E-state index in [0.717, 1.165) is 51.4 Å². The number of piperidine rings is 1. The fourth-order valence-electron chi connectivity index (χ4n) is 4.66. The van der Waals surface area contributed by atoms with E-state index in [0.29, 0.717) is 18.1 Å². The third-order valence-electron chi connectivity index (χ3n) is 6.23. The van der Waals surface area contributed by atoms with Gasteiger partial charge in [-0.2, -0.15) is 0 Å². The Bertz CT molecular complexity index is 1450. The fraction of sp³-hybridized carbons (Fsp3) is 0.240. The van der Waals surface area contributed by atoms with Crippen molar-refractivity contribution in [2.24, 2.45) is 15.9 Å². The molecule has 0 unspecified atom stereocenters. The highest BCUT2D eigenvalue weighted by atomic mass is 35.5. The largest absolute Gasteiger partial charge is 0.256 e. The molecular formula is C25H23ClN4O2S. The van der Waals surface area contributed by atoms with E-state index in [1.807, 2.05) is 36.5 Å². The molecule has 1 aromatic carbocycles. The van der Waals surface area contributed by atoms with Crippen LogP contribution >= 0.6 is 11.6 Å². The van der Waals surface area contributed by atoms with Crippen molar-refractivity contribution in [1.29, 1.82) is 0 Å². The number of rotatable bonds is 3. The Kier molecular flexibility index (Phi) is 5.86. The van der Waals surface area contributed by atoms with Crippen molar-refractivity contribution >= 4 is 51.4 Å². The normalized spacial score (nSPS) is 21.2. The number of aromatic nitrogens is 1. The van der Waals surface area contributed by atoms with Crippen LogP contribution in [0, 0.1) is 5.92 Å². The van der Waals surface area contributed by atoms with Crippen molar-refractivity contribution in [3.8, 4) is 0 Å². The van der Waals surface area contributed by atoms with E-state index in [4.69, 9.17) is 16.6 Å². The van der Waals surface area contributed by atoms with E-state index in [-0.39, 0.29) is 5.92 Å². The van der Waals surface area contributed by atoms with Crippen LogP contribution in [0.25, 0.3) is 17.2 Å². The van der Waals surface area contributed by atoms with E-state index in [9.17, 15) is 8.42 Å². The first-order valence-electron chi connectivity index (χ1n) is 10.8. The average Bonchev–Trinajstić information content (AvgIpc) is 3.27. The Hall–Kier alpha value is -2.87. The number of aliphatic imine (C=N–C) groups is 2. The quantitative estimate of drug-likeness (QED) is 0.680. The SMILES string of the molecule is CS(=O)(=O)N1CCC(C2=c3ccc(Cl)cc3=CC(=CC=C3C=NC=N3)c3cccnc32)CC1. The van der Waals surface area contributed by atoms with Crippen molar-refractivity contribution in [1.82, 2.24) is 9.29 Å². The number of sulfonamides is 1. The van der Waals surface area contributed by atoms with E-state index in [1.165, 1.54) is 12.6 Å². The van der Waals surface area contributed by atoms with Crippen LogP contribution in [0.2, 0.25) is 5.02 Å². The molecule has 0 radical (unpaired) electrons. The standard InChI is InChI=1S/C25H23ClN4O2S/c1-33(31,32)30-11-8-17(9-12-30)24-22-7-5-20(26)14-19(22)13-18(4-6-21-15-27-16-29-21)23-3-2-10-28-25(23)24/h2-7,10,13-17H,8-9,11-12H2,1H3. The summed E-state index contributed by atoms with van der Waals surface area (Å²) in [7, 11) is -3.19. The molecule has 1 fully saturated rings. The first-order valence-corrected chi connectivity index (χ1v) is 13.0. The molecule has 1 aliphatic carbocycles. The summed E-state index contributed by atoms with van der Waals surface area (Å²) in [6.07, 6.45) is 13.9. The highest BCUT2D eigenvalue weighted by Gasteiger charge is 2.30. The summed E-state index contributed by atoms with van der Waals surface area (Å²) in [4.78, 5) is 13.1. The van der Waals surface area contributed by atoms with Crippen LogP contribution in [-0.2, 0) is 10.0 Å². The first-order chi connectivity index (χ1) is 15.9. The van der Waals surface area contributed by atoms with Gasteiger partial charge in [0.25, 0.3) is 0 Å². The minimum Gasteiger partial charge on any atom is -0.256 e. The summed E-state index contributed by atoms with van der Waals surface area (Å²) in [5.74, 6) is 0.189. The number of nitrogens with zero attached hydrogens (tertiary/aromatic N) is 4. The number of halogens is 1. The van der Waals surface area contributed by atoms with Gasteiger partial charge in [-0.15, -0.1) is 0 Å². The molecule has 0 spiro atoms. The zero-order chi connectivity index (χ0) is 23.0. The second kappa shape index (κ2) is 8.82. The van der Waals surface area contributed by atoms with Gasteiger partial charge in [0.2, 0.25) is 10.0 Å². The second-order valence-corrected chi connectivity index (χ2v) is 10.8. The number of pyridine rings is 1. The van der Waals surface area contributed by atoms with Crippen LogP contribution in [0.5, 0.6) is 0 Å². The van der Waals surface area contributed by atoms with Crippen LogP contribution in [0.15, 0.2) is 64.4 Å². The Morgan fingerprint density at radius 3 is 2.70 bits per heavy atom. The summed E-state index contributed by atoms with van der Waals surface area (Å²) < 4.78 is 25.6. The summed E-state index contributed by atoms with van der Waals surface area (Å²) in [5.41, 5.74) is 4.91. The molecule has 6 nitrogen and oxygen atoms in total. The minimum absolute atomic E-state index is 0.189. The lowest BCUT2D eigenvalue weighted by Crippen LogP contribution is -2.39. The van der Waals surface area contributed by atoms with Gasteiger partial charge >= 0.3 is 0 Å². The molecule has 1 saturated heterocycles. The fourth-order valence-corrected chi connectivity index (χ4v) is 5.71. The molecule has 168 valence electrons. The molecule has 5 rings (SSSR count). The minimum atomic E-state index is -3.19. The second-order valence-electron chi connectivity index (χ2n) is 8.36. The summed E-state index contributed by atoms with van der Waals surface area (Å²) in [5, 5.41) is 2.78. The summed E-state index contributed by atoms with van der Waals surface area (Å²) in [6.45, 7) is 1.02. The van der Waals surface area contributed by atoms with E-state index in [2.05, 4.69) is 28.2 Å². The van der Waals surface area contributed by atoms with Gasteiger partial charge in [-0.3, -0.25) is 4.98 Å². The van der Waals surface area contributed by atoms with Gasteiger partial charge in [0.05, 0.1) is 23.9 Å². The lowest BCUT2D eigenvalue weighted by Gasteiger charge is -2.32. The molecule has 2 aromatic rings. The highest BCUT2D eigenvalue weighted by Crippen LogP contribution is 2.34. The molecule has 0 N–H and O–H groups in total. The van der Waals surface area contributed by atoms with Crippen molar-refractivity contribution in [2.75, 3.05) is 19.3 Å². The van der Waals surface area contributed by atoms with Crippen molar-refractivity contribution in [3.63, 3.8) is 0 Å². The van der Waals surface area contributed by atoms with Crippen LogP contribution in [0.1, 0.15) is 24.1 Å². The van der Waals surface area contributed by atoms with Crippen LogP contribution in [0.4, 0.5) is 0 Å². The maximum atomic E-state index is 12.0. The van der Waals surface area contributed by atoms with Crippen LogP contribution in [-0.4, -0.2) is 49.6 Å².